The lowest BCUT2D eigenvalue weighted by Gasteiger charge is -2.03. The number of thiophene rings is 1. The van der Waals surface area contributed by atoms with Crippen molar-refractivity contribution in [1.29, 1.82) is 0 Å². The van der Waals surface area contributed by atoms with Gasteiger partial charge in [0, 0.05) is 4.88 Å². The Morgan fingerprint density at radius 1 is 1.57 bits per heavy atom. The molecule has 2 aromatic heterocycles. The first-order valence-electron chi connectivity index (χ1n) is 4.06. The van der Waals surface area contributed by atoms with E-state index in [0.29, 0.717) is 0 Å². The third kappa shape index (κ3) is 1.61. The maximum atomic E-state index is 5.96. The van der Waals surface area contributed by atoms with Crippen molar-refractivity contribution >= 4 is 11.3 Å². The smallest absolute Gasteiger partial charge is 0.173 e. The molecule has 1 unspecified atom stereocenters. The van der Waals surface area contributed by atoms with Gasteiger partial charge in [0.15, 0.2) is 5.06 Å². The molecular formula is C8H10N4OS. The van der Waals surface area contributed by atoms with Crippen LogP contribution in [0.3, 0.4) is 0 Å². The Bertz CT molecular complexity index is 397. The summed E-state index contributed by atoms with van der Waals surface area (Å²) in [5.41, 5.74) is 6.69. The highest BCUT2D eigenvalue weighted by molar-refractivity contribution is 7.13. The Kier molecular flexibility index (Phi) is 2.47. The van der Waals surface area contributed by atoms with Crippen molar-refractivity contribution in [2.24, 2.45) is 5.73 Å². The highest BCUT2D eigenvalue weighted by atomic mass is 32.1. The zero-order valence-corrected chi connectivity index (χ0v) is 8.41. The van der Waals surface area contributed by atoms with Gasteiger partial charge in [0.2, 0.25) is 0 Å². The number of ether oxygens (including phenoxy) is 1. The van der Waals surface area contributed by atoms with Gasteiger partial charge < -0.3 is 10.5 Å². The SMILES string of the molecule is COc1ccc(C(N)c2cn[nH]n2)s1. The fraction of sp³-hybridized carbons (Fsp3) is 0.250. The van der Waals surface area contributed by atoms with E-state index in [2.05, 4.69) is 15.4 Å². The number of hydrogen-bond donors (Lipinski definition) is 2. The summed E-state index contributed by atoms with van der Waals surface area (Å²) >= 11 is 1.51. The standard InChI is InChI=1S/C8H10N4OS/c1-13-7-3-2-6(14-7)8(9)5-4-10-12-11-5/h2-4,8H,9H2,1H3,(H,10,11,12). The molecule has 5 nitrogen and oxygen atoms in total. The van der Waals surface area contributed by atoms with E-state index in [0.717, 1.165) is 15.6 Å². The Labute approximate surface area is 84.9 Å². The van der Waals surface area contributed by atoms with E-state index in [9.17, 15) is 0 Å². The molecule has 0 aliphatic heterocycles. The topological polar surface area (TPSA) is 76.8 Å². The molecule has 0 saturated carbocycles. The molecular weight excluding hydrogens is 200 g/mol. The molecule has 0 fully saturated rings. The largest absolute Gasteiger partial charge is 0.487 e. The van der Waals surface area contributed by atoms with Gasteiger partial charge in [-0.05, 0) is 12.1 Å². The van der Waals surface area contributed by atoms with Gasteiger partial charge in [-0.15, -0.1) is 11.3 Å². The van der Waals surface area contributed by atoms with E-state index >= 15 is 0 Å². The van der Waals surface area contributed by atoms with Crippen molar-refractivity contribution in [3.8, 4) is 5.06 Å². The zero-order valence-electron chi connectivity index (χ0n) is 7.60. The quantitative estimate of drug-likeness (QED) is 0.789. The van der Waals surface area contributed by atoms with Gasteiger partial charge in [0.25, 0.3) is 0 Å². The van der Waals surface area contributed by atoms with E-state index in [1.807, 2.05) is 12.1 Å². The number of methoxy groups -OCH3 is 1. The van der Waals surface area contributed by atoms with E-state index in [1.54, 1.807) is 13.3 Å². The van der Waals surface area contributed by atoms with Crippen LogP contribution in [0, 0.1) is 0 Å². The monoisotopic (exact) mass is 210 g/mol. The van der Waals surface area contributed by atoms with Crippen LogP contribution in [0.25, 0.3) is 0 Å². The summed E-state index contributed by atoms with van der Waals surface area (Å²) in [6, 6.07) is 3.59. The lowest BCUT2D eigenvalue weighted by atomic mass is 10.2. The number of rotatable bonds is 3. The average molecular weight is 210 g/mol. The number of aromatic amines is 1. The second kappa shape index (κ2) is 3.77. The Balaban J connectivity index is 2.23. The molecule has 3 N–H and O–H groups in total. The predicted molar refractivity (Wildman–Crippen MR) is 53.3 cm³/mol. The van der Waals surface area contributed by atoms with Crippen LogP contribution in [0.1, 0.15) is 16.6 Å². The maximum Gasteiger partial charge on any atom is 0.173 e. The molecule has 2 rings (SSSR count). The molecule has 0 aliphatic rings. The summed E-state index contributed by atoms with van der Waals surface area (Å²) in [6.45, 7) is 0. The number of H-pyrrole nitrogens is 1. The van der Waals surface area contributed by atoms with Gasteiger partial charge in [-0.3, -0.25) is 0 Å². The maximum absolute atomic E-state index is 5.96. The van der Waals surface area contributed by atoms with Gasteiger partial charge in [0.1, 0.15) is 5.69 Å². The van der Waals surface area contributed by atoms with Crippen LogP contribution in [-0.2, 0) is 0 Å². The third-order valence-electron chi connectivity index (χ3n) is 1.86. The van der Waals surface area contributed by atoms with Crippen LogP contribution in [0.5, 0.6) is 5.06 Å². The van der Waals surface area contributed by atoms with Gasteiger partial charge in [-0.2, -0.15) is 15.4 Å². The first-order valence-corrected chi connectivity index (χ1v) is 4.88. The van der Waals surface area contributed by atoms with Crippen LogP contribution in [0.4, 0.5) is 0 Å². The van der Waals surface area contributed by atoms with Crippen LogP contribution in [-0.4, -0.2) is 22.5 Å². The highest BCUT2D eigenvalue weighted by Gasteiger charge is 2.13. The lowest BCUT2D eigenvalue weighted by Crippen LogP contribution is -2.10. The van der Waals surface area contributed by atoms with E-state index in [1.165, 1.54) is 11.3 Å². The number of nitrogens with one attached hydrogen (secondary N) is 1. The number of nitrogens with two attached hydrogens (primary N) is 1. The molecule has 2 aromatic rings. The minimum absolute atomic E-state index is 0.234. The summed E-state index contributed by atoms with van der Waals surface area (Å²) in [7, 11) is 1.64. The van der Waals surface area contributed by atoms with Crippen LogP contribution in [0.2, 0.25) is 0 Å². The lowest BCUT2D eigenvalue weighted by molar-refractivity contribution is 0.427. The first-order chi connectivity index (χ1) is 6.81. The minimum atomic E-state index is -0.234. The molecule has 2 heterocycles. The van der Waals surface area contributed by atoms with Crippen molar-refractivity contribution in [3.05, 3.63) is 28.9 Å². The van der Waals surface area contributed by atoms with Crippen LogP contribution in [0.15, 0.2) is 18.3 Å². The summed E-state index contributed by atoms with van der Waals surface area (Å²) < 4.78 is 5.08. The molecule has 0 radical (unpaired) electrons. The number of hydrogen-bond acceptors (Lipinski definition) is 5. The van der Waals surface area contributed by atoms with Gasteiger partial charge in [-0.25, -0.2) is 0 Å². The molecule has 0 saturated heterocycles. The Morgan fingerprint density at radius 3 is 3.00 bits per heavy atom. The van der Waals surface area contributed by atoms with Crippen molar-refractivity contribution in [2.75, 3.05) is 7.11 Å². The molecule has 1 atom stereocenters. The Hall–Kier alpha value is -1.40. The second-order valence-electron chi connectivity index (χ2n) is 2.73. The van der Waals surface area contributed by atoms with E-state index in [4.69, 9.17) is 10.5 Å². The van der Waals surface area contributed by atoms with Gasteiger partial charge in [0.05, 0.1) is 19.3 Å². The predicted octanol–water partition coefficient (Wildman–Crippen LogP) is 0.923. The van der Waals surface area contributed by atoms with Crippen LogP contribution < -0.4 is 10.5 Å². The fourth-order valence-corrected chi connectivity index (χ4v) is 1.95. The number of aromatic nitrogens is 3. The van der Waals surface area contributed by atoms with Crippen molar-refractivity contribution in [1.82, 2.24) is 15.4 Å². The highest BCUT2D eigenvalue weighted by Crippen LogP contribution is 2.29. The molecule has 0 amide bonds. The van der Waals surface area contributed by atoms with Crippen LogP contribution >= 0.6 is 11.3 Å². The normalized spacial score (nSPS) is 12.7. The molecule has 6 heteroatoms. The zero-order chi connectivity index (χ0) is 9.97. The van der Waals surface area contributed by atoms with Crippen molar-refractivity contribution in [3.63, 3.8) is 0 Å². The second-order valence-corrected chi connectivity index (χ2v) is 3.81. The summed E-state index contributed by atoms with van der Waals surface area (Å²) in [4.78, 5) is 1.01. The molecule has 0 aromatic carbocycles. The molecule has 74 valence electrons. The van der Waals surface area contributed by atoms with Gasteiger partial charge in [-0.1, -0.05) is 0 Å². The molecule has 0 spiro atoms. The molecule has 14 heavy (non-hydrogen) atoms. The molecule has 0 aliphatic carbocycles. The van der Waals surface area contributed by atoms with E-state index in [-0.39, 0.29) is 6.04 Å². The number of nitrogens with zero attached hydrogens (tertiary/aromatic N) is 2. The molecule has 0 bridgehead atoms. The van der Waals surface area contributed by atoms with Crippen molar-refractivity contribution in [2.45, 2.75) is 6.04 Å². The average Bonchev–Trinajstić information content (AvgIpc) is 2.88. The third-order valence-corrected chi connectivity index (χ3v) is 2.99. The van der Waals surface area contributed by atoms with Gasteiger partial charge >= 0.3 is 0 Å². The van der Waals surface area contributed by atoms with E-state index < -0.39 is 0 Å². The van der Waals surface area contributed by atoms with Crippen molar-refractivity contribution < 1.29 is 4.74 Å². The fourth-order valence-electron chi connectivity index (χ4n) is 1.12. The summed E-state index contributed by atoms with van der Waals surface area (Å²) in [5, 5.41) is 11.0. The minimum Gasteiger partial charge on any atom is -0.487 e. The summed E-state index contributed by atoms with van der Waals surface area (Å²) in [6.07, 6.45) is 1.62. The summed E-state index contributed by atoms with van der Waals surface area (Å²) in [5.74, 6) is 0. The first kappa shape index (κ1) is 9.17. The Morgan fingerprint density at radius 2 is 2.43 bits per heavy atom.